The lowest BCUT2D eigenvalue weighted by atomic mass is 10.3. The van der Waals surface area contributed by atoms with Gasteiger partial charge in [-0.3, -0.25) is 0 Å². The van der Waals surface area contributed by atoms with Crippen molar-refractivity contribution in [1.82, 2.24) is 10.2 Å². The van der Waals surface area contributed by atoms with Gasteiger partial charge in [0.05, 0.1) is 5.69 Å². The Hall–Kier alpha value is -1.47. The fourth-order valence-electron chi connectivity index (χ4n) is 1.25. The van der Waals surface area contributed by atoms with E-state index in [0.717, 1.165) is 15.8 Å². The van der Waals surface area contributed by atoms with Crippen molar-refractivity contribution in [3.63, 3.8) is 0 Å². The monoisotopic (exact) mass is 293 g/mol. The molecule has 0 radical (unpaired) electrons. The standard InChI is InChI=1S/C12H15N5S2/c1-2-3-8-18-12-17-16-11(19-12)15-14-10-6-4-9(13)5-7-10/h4-7H,2-3,8,13H2,1H3. The van der Waals surface area contributed by atoms with Crippen molar-refractivity contribution in [3.05, 3.63) is 24.3 Å². The molecule has 2 N–H and O–H groups in total. The molecule has 0 unspecified atom stereocenters. The van der Waals surface area contributed by atoms with Gasteiger partial charge in [-0.2, -0.15) is 0 Å². The number of benzene rings is 1. The number of thioether (sulfide) groups is 1. The van der Waals surface area contributed by atoms with Crippen molar-refractivity contribution in [3.8, 4) is 0 Å². The zero-order chi connectivity index (χ0) is 13.5. The topological polar surface area (TPSA) is 76.5 Å². The highest BCUT2D eigenvalue weighted by Crippen LogP contribution is 2.29. The van der Waals surface area contributed by atoms with Crippen LogP contribution in [0, 0.1) is 0 Å². The number of rotatable bonds is 6. The zero-order valence-corrected chi connectivity index (χ0v) is 12.2. The quantitative estimate of drug-likeness (QED) is 0.370. The molecule has 0 aliphatic rings. The number of azo groups is 1. The van der Waals surface area contributed by atoms with Gasteiger partial charge in [0.1, 0.15) is 0 Å². The molecule has 1 aromatic heterocycles. The van der Waals surface area contributed by atoms with Crippen LogP contribution in [-0.2, 0) is 0 Å². The summed E-state index contributed by atoms with van der Waals surface area (Å²) in [5.41, 5.74) is 7.07. The Balaban J connectivity index is 1.93. The second-order valence-corrected chi connectivity index (χ2v) is 6.14. The molecule has 7 heteroatoms. The van der Waals surface area contributed by atoms with Crippen LogP contribution in [0.5, 0.6) is 0 Å². The number of nitrogens with zero attached hydrogens (tertiary/aromatic N) is 4. The van der Waals surface area contributed by atoms with E-state index in [4.69, 9.17) is 5.73 Å². The summed E-state index contributed by atoms with van der Waals surface area (Å²) in [5.74, 6) is 1.07. The van der Waals surface area contributed by atoms with Crippen molar-refractivity contribution in [2.75, 3.05) is 11.5 Å². The Morgan fingerprint density at radius 1 is 1.21 bits per heavy atom. The molecule has 0 aliphatic carbocycles. The third-order valence-corrected chi connectivity index (χ3v) is 4.29. The van der Waals surface area contributed by atoms with E-state index in [-0.39, 0.29) is 0 Å². The van der Waals surface area contributed by atoms with Crippen molar-refractivity contribution in [2.24, 2.45) is 10.2 Å². The molecule has 1 heterocycles. The largest absolute Gasteiger partial charge is 0.399 e. The van der Waals surface area contributed by atoms with Crippen LogP contribution in [0.2, 0.25) is 0 Å². The van der Waals surface area contributed by atoms with E-state index in [1.807, 2.05) is 12.1 Å². The van der Waals surface area contributed by atoms with Crippen LogP contribution in [-0.4, -0.2) is 16.0 Å². The second kappa shape index (κ2) is 7.20. The van der Waals surface area contributed by atoms with Crippen LogP contribution < -0.4 is 5.73 Å². The molecule has 100 valence electrons. The maximum atomic E-state index is 5.60. The van der Waals surface area contributed by atoms with Crippen LogP contribution in [0.3, 0.4) is 0 Å². The fourth-order valence-corrected chi connectivity index (χ4v) is 3.06. The molecule has 5 nitrogen and oxygen atoms in total. The third-order valence-electron chi connectivity index (χ3n) is 2.26. The number of hydrogen-bond acceptors (Lipinski definition) is 7. The molecule has 0 atom stereocenters. The van der Waals surface area contributed by atoms with Gasteiger partial charge >= 0.3 is 0 Å². The summed E-state index contributed by atoms with van der Waals surface area (Å²) in [6.07, 6.45) is 2.38. The van der Waals surface area contributed by atoms with Gasteiger partial charge in [0.2, 0.25) is 0 Å². The van der Waals surface area contributed by atoms with E-state index in [1.165, 1.54) is 24.2 Å². The number of anilines is 1. The Kier molecular flexibility index (Phi) is 5.29. The lowest BCUT2D eigenvalue weighted by Crippen LogP contribution is -1.80. The Morgan fingerprint density at radius 2 is 2.00 bits per heavy atom. The van der Waals surface area contributed by atoms with Crippen molar-refractivity contribution < 1.29 is 0 Å². The number of nitrogen functional groups attached to an aromatic ring is 1. The van der Waals surface area contributed by atoms with E-state index in [9.17, 15) is 0 Å². The van der Waals surface area contributed by atoms with Gasteiger partial charge in [0, 0.05) is 11.4 Å². The molecule has 2 aromatic rings. The summed E-state index contributed by atoms with van der Waals surface area (Å²) >= 11 is 3.18. The first kappa shape index (κ1) is 14.0. The highest BCUT2D eigenvalue weighted by atomic mass is 32.2. The van der Waals surface area contributed by atoms with Gasteiger partial charge in [-0.05, 0) is 30.7 Å². The summed E-state index contributed by atoms with van der Waals surface area (Å²) in [7, 11) is 0. The highest BCUT2D eigenvalue weighted by Gasteiger charge is 2.03. The van der Waals surface area contributed by atoms with Crippen LogP contribution >= 0.6 is 23.1 Å². The molecule has 2 rings (SSSR count). The van der Waals surface area contributed by atoms with Gasteiger partial charge < -0.3 is 5.73 Å². The Labute approximate surface area is 120 Å². The number of aromatic nitrogens is 2. The Morgan fingerprint density at radius 3 is 2.74 bits per heavy atom. The van der Waals surface area contributed by atoms with Crippen LogP contribution in [0.1, 0.15) is 19.8 Å². The maximum absolute atomic E-state index is 5.60. The average molecular weight is 293 g/mol. The van der Waals surface area contributed by atoms with Crippen LogP contribution in [0.4, 0.5) is 16.5 Å². The SMILES string of the molecule is CCCCSc1nnc(N=Nc2ccc(N)cc2)s1. The van der Waals surface area contributed by atoms with Gasteiger partial charge in [0.15, 0.2) is 4.34 Å². The smallest absolute Gasteiger partial charge is 0.252 e. The minimum atomic E-state index is 0.579. The van der Waals surface area contributed by atoms with Crippen molar-refractivity contribution in [2.45, 2.75) is 24.1 Å². The lowest BCUT2D eigenvalue weighted by molar-refractivity contribution is 0.894. The molecule has 0 aliphatic heterocycles. The lowest BCUT2D eigenvalue weighted by Gasteiger charge is -1.92. The molecule has 0 spiro atoms. The van der Waals surface area contributed by atoms with E-state index in [0.29, 0.717) is 10.8 Å². The summed E-state index contributed by atoms with van der Waals surface area (Å²) in [6, 6.07) is 7.22. The van der Waals surface area contributed by atoms with Crippen LogP contribution in [0.15, 0.2) is 38.8 Å². The fraction of sp³-hybridized carbons (Fsp3) is 0.333. The van der Waals surface area contributed by atoms with Gasteiger partial charge in [-0.1, -0.05) is 36.4 Å². The van der Waals surface area contributed by atoms with E-state index in [1.54, 1.807) is 23.9 Å². The van der Waals surface area contributed by atoms with Gasteiger partial charge in [-0.25, -0.2) is 0 Å². The number of hydrogen-bond donors (Lipinski definition) is 1. The maximum Gasteiger partial charge on any atom is 0.252 e. The van der Waals surface area contributed by atoms with E-state index >= 15 is 0 Å². The predicted molar refractivity (Wildman–Crippen MR) is 80.6 cm³/mol. The molecular formula is C12H15N5S2. The summed E-state index contributed by atoms with van der Waals surface area (Å²) < 4.78 is 0.944. The minimum Gasteiger partial charge on any atom is -0.399 e. The normalized spacial score (nSPS) is 11.2. The first-order valence-electron chi connectivity index (χ1n) is 6.01. The third kappa shape index (κ3) is 4.60. The second-order valence-electron chi connectivity index (χ2n) is 3.84. The molecule has 19 heavy (non-hydrogen) atoms. The van der Waals surface area contributed by atoms with E-state index in [2.05, 4.69) is 27.3 Å². The van der Waals surface area contributed by atoms with Crippen LogP contribution in [0.25, 0.3) is 0 Å². The molecule has 0 fully saturated rings. The summed E-state index contributed by atoms with van der Waals surface area (Å²) in [4.78, 5) is 0. The molecule has 0 bridgehead atoms. The predicted octanol–water partition coefficient (Wildman–Crippen LogP) is 4.43. The zero-order valence-electron chi connectivity index (χ0n) is 10.6. The number of nitrogens with two attached hydrogens (primary N) is 1. The number of unbranched alkanes of at least 4 members (excludes halogenated alkanes) is 1. The molecule has 0 saturated carbocycles. The first-order valence-corrected chi connectivity index (χ1v) is 7.81. The highest BCUT2D eigenvalue weighted by molar-refractivity contribution is 8.01. The summed E-state index contributed by atoms with van der Waals surface area (Å²) in [6.45, 7) is 2.17. The summed E-state index contributed by atoms with van der Waals surface area (Å²) in [5, 5.41) is 16.8. The Bertz CT molecular complexity index is 535. The van der Waals surface area contributed by atoms with Crippen molar-refractivity contribution in [1.29, 1.82) is 0 Å². The molecule has 0 saturated heterocycles. The molecule has 1 aromatic carbocycles. The first-order chi connectivity index (χ1) is 9.28. The van der Waals surface area contributed by atoms with Gasteiger partial charge in [-0.15, -0.1) is 20.4 Å². The minimum absolute atomic E-state index is 0.579. The van der Waals surface area contributed by atoms with Gasteiger partial charge in [0.25, 0.3) is 5.13 Å². The molecule has 0 amide bonds. The van der Waals surface area contributed by atoms with E-state index < -0.39 is 0 Å². The average Bonchev–Trinajstić information content (AvgIpc) is 2.86. The molecular weight excluding hydrogens is 278 g/mol. The van der Waals surface area contributed by atoms with Crippen molar-refractivity contribution >= 4 is 39.6 Å².